The number of amides is 4. The monoisotopic (exact) mass is 450 g/mol. The highest BCUT2D eigenvalue weighted by Gasteiger charge is 2.66. The molecule has 24 heavy (non-hydrogen) atoms. The van der Waals surface area contributed by atoms with Gasteiger partial charge in [-0.15, -0.1) is 0 Å². The van der Waals surface area contributed by atoms with Crippen LogP contribution in [0, 0.1) is 0 Å². The van der Waals surface area contributed by atoms with E-state index in [1.165, 1.54) is 0 Å². The summed E-state index contributed by atoms with van der Waals surface area (Å²) in [6.45, 7) is 0. The first kappa shape index (κ1) is 15.5. The average molecular weight is 452 g/mol. The van der Waals surface area contributed by atoms with E-state index in [1.807, 2.05) is 48.5 Å². The SMILES string of the molecule is O=C1NC2(c3ccc(Br)cc3)NC(=O)NC2(c2ccc(Br)cc2)N1. The van der Waals surface area contributed by atoms with E-state index in [0.29, 0.717) is 0 Å². The number of hydrogen-bond donors (Lipinski definition) is 4. The van der Waals surface area contributed by atoms with Gasteiger partial charge in [-0.1, -0.05) is 56.1 Å². The van der Waals surface area contributed by atoms with E-state index >= 15 is 0 Å². The smallest absolute Gasteiger partial charge is 0.307 e. The molecule has 0 atom stereocenters. The first-order valence-electron chi connectivity index (χ1n) is 7.18. The molecule has 2 aromatic carbocycles. The summed E-state index contributed by atoms with van der Waals surface area (Å²) < 4.78 is 1.82. The molecule has 4 amide bonds. The van der Waals surface area contributed by atoms with Gasteiger partial charge < -0.3 is 21.3 Å². The van der Waals surface area contributed by atoms with Gasteiger partial charge in [-0.3, -0.25) is 0 Å². The molecule has 2 heterocycles. The van der Waals surface area contributed by atoms with Gasteiger partial charge in [0.15, 0.2) is 11.3 Å². The van der Waals surface area contributed by atoms with Gasteiger partial charge in [-0.05, 0) is 24.3 Å². The fourth-order valence-electron chi connectivity index (χ4n) is 3.30. The maximum Gasteiger partial charge on any atom is 0.319 e. The zero-order valence-corrected chi connectivity index (χ0v) is 15.4. The number of carbonyl (C=O) groups is 2. The van der Waals surface area contributed by atoms with E-state index in [4.69, 9.17) is 0 Å². The summed E-state index contributed by atoms with van der Waals surface area (Å²) in [4.78, 5) is 24.4. The second-order valence-corrected chi connectivity index (χ2v) is 7.50. The van der Waals surface area contributed by atoms with Crippen LogP contribution in [0.5, 0.6) is 0 Å². The summed E-state index contributed by atoms with van der Waals surface area (Å²) in [7, 11) is 0. The Hall–Kier alpha value is -2.06. The number of halogens is 2. The van der Waals surface area contributed by atoms with Crippen molar-refractivity contribution in [3.8, 4) is 0 Å². The fraction of sp³-hybridized carbons (Fsp3) is 0.125. The largest absolute Gasteiger partial charge is 0.319 e. The van der Waals surface area contributed by atoms with Crippen LogP contribution in [0.3, 0.4) is 0 Å². The summed E-state index contributed by atoms with van der Waals surface area (Å²) in [6.07, 6.45) is 0. The Balaban J connectivity index is 1.94. The van der Waals surface area contributed by atoms with Gasteiger partial charge in [0.2, 0.25) is 0 Å². The highest BCUT2D eigenvalue weighted by molar-refractivity contribution is 9.10. The van der Waals surface area contributed by atoms with Gasteiger partial charge in [-0.2, -0.15) is 0 Å². The lowest BCUT2D eigenvalue weighted by Gasteiger charge is -2.37. The molecule has 122 valence electrons. The molecule has 4 rings (SSSR count). The molecule has 0 spiro atoms. The highest BCUT2D eigenvalue weighted by atomic mass is 79.9. The minimum absolute atomic E-state index is 0.367. The van der Waals surface area contributed by atoms with E-state index in [2.05, 4.69) is 53.1 Å². The number of hydrogen-bond acceptors (Lipinski definition) is 2. The minimum Gasteiger partial charge on any atom is -0.307 e. The van der Waals surface area contributed by atoms with E-state index < -0.39 is 11.3 Å². The van der Waals surface area contributed by atoms with Crippen molar-refractivity contribution in [3.63, 3.8) is 0 Å². The van der Waals surface area contributed by atoms with Crippen LogP contribution in [0.2, 0.25) is 0 Å². The number of nitrogens with one attached hydrogen (secondary N) is 4. The number of urea groups is 2. The Kier molecular flexibility index (Phi) is 3.36. The van der Waals surface area contributed by atoms with Crippen molar-refractivity contribution >= 4 is 43.9 Å². The predicted molar refractivity (Wildman–Crippen MR) is 95.0 cm³/mol. The van der Waals surface area contributed by atoms with Gasteiger partial charge in [0.05, 0.1) is 0 Å². The third-order valence-electron chi connectivity index (χ3n) is 4.32. The minimum atomic E-state index is -1.13. The van der Waals surface area contributed by atoms with Crippen LogP contribution in [0.15, 0.2) is 57.5 Å². The highest BCUT2D eigenvalue weighted by Crippen LogP contribution is 2.43. The molecule has 6 nitrogen and oxygen atoms in total. The van der Waals surface area contributed by atoms with Crippen LogP contribution >= 0.6 is 31.9 Å². The molecule has 2 saturated heterocycles. The van der Waals surface area contributed by atoms with Crippen molar-refractivity contribution in [2.45, 2.75) is 11.3 Å². The third-order valence-corrected chi connectivity index (χ3v) is 5.38. The Labute approximate surface area is 154 Å². The van der Waals surface area contributed by atoms with Crippen molar-refractivity contribution in [1.82, 2.24) is 21.3 Å². The van der Waals surface area contributed by atoms with E-state index in [-0.39, 0.29) is 12.1 Å². The number of rotatable bonds is 2. The number of carbonyl (C=O) groups excluding carboxylic acids is 2. The summed E-state index contributed by atoms with van der Waals surface area (Å²) >= 11 is 6.81. The second kappa shape index (κ2) is 5.22. The summed E-state index contributed by atoms with van der Waals surface area (Å²) in [5, 5.41) is 11.5. The molecule has 2 aromatic rings. The van der Waals surface area contributed by atoms with Crippen LogP contribution in [0.4, 0.5) is 9.59 Å². The molecular weight excluding hydrogens is 440 g/mol. The van der Waals surface area contributed by atoms with Crippen molar-refractivity contribution in [2.75, 3.05) is 0 Å². The molecule has 2 aliphatic rings. The quantitative estimate of drug-likeness (QED) is 0.566. The molecular formula is C16H12Br2N4O2. The first-order valence-corrected chi connectivity index (χ1v) is 8.76. The standard InChI is InChI=1S/C16H12Br2N4O2/c17-11-5-1-9(2-6-11)15-16(21-13(23)19-15,22-14(24)20-15)10-3-7-12(18)8-4-10/h1-8H,(H2,19,21,23)(H2,20,22,24). The second-order valence-electron chi connectivity index (χ2n) is 5.67. The lowest BCUT2D eigenvalue weighted by molar-refractivity contribution is 0.208. The van der Waals surface area contributed by atoms with Crippen LogP contribution in [-0.4, -0.2) is 12.1 Å². The Bertz CT molecular complexity index is 749. The van der Waals surface area contributed by atoms with E-state index in [1.54, 1.807) is 0 Å². The molecule has 8 heteroatoms. The molecule has 4 N–H and O–H groups in total. The van der Waals surface area contributed by atoms with Crippen LogP contribution in [0.25, 0.3) is 0 Å². The van der Waals surface area contributed by atoms with Crippen molar-refractivity contribution in [3.05, 3.63) is 68.6 Å². The van der Waals surface area contributed by atoms with E-state index in [0.717, 1.165) is 20.1 Å². The lowest BCUT2D eigenvalue weighted by Crippen LogP contribution is -2.60. The molecule has 0 unspecified atom stereocenters. The summed E-state index contributed by atoms with van der Waals surface area (Å²) in [6, 6.07) is 14.2. The van der Waals surface area contributed by atoms with Crippen LogP contribution in [0.1, 0.15) is 11.1 Å². The van der Waals surface area contributed by atoms with Gasteiger partial charge in [-0.25, -0.2) is 9.59 Å². The van der Waals surface area contributed by atoms with Crippen molar-refractivity contribution < 1.29 is 9.59 Å². The number of benzene rings is 2. The maximum atomic E-state index is 12.2. The molecule has 0 saturated carbocycles. The predicted octanol–water partition coefficient (Wildman–Crippen LogP) is 2.84. The molecule has 0 bridgehead atoms. The first-order chi connectivity index (χ1) is 11.4. The van der Waals surface area contributed by atoms with Crippen LogP contribution < -0.4 is 21.3 Å². The van der Waals surface area contributed by atoms with Crippen molar-refractivity contribution in [1.29, 1.82) is 0 Å². The third kappa shape index (κ3) is 2.06. The average Bonchev–Trinajstić information content (AvgIpc) is 2.96. The van der Waals surface area contributed by atoms with Crippen LogP contribution in [-0.2, 0) is 11.3 Å². The van der Waals surface area contributed by atoms with E-state index in [9.17, 15) is 9.59 Å². The van der Waals surface area contributed by atoms with Gasteiger partial charge in [0, 0.05) is 20.1 Å². The summed E-state index contributed by atoms with van der Waals surface area (Å²) in [5.74, 6) is 0. The van der Waals surface area contributed by atoms with Gasteiger partial charge in [0.25, 0.3) is 0 Å². The van der Waals surface area contributed by atoms with Gasteiger partial charge in [0.1, 0.15) is 0 Å². The zero-order chi connectivity index (χ0) is 16.9. The molecule has 2 aliphatic heterocycles. The molecule has 2 fully saturated rings. The Morgan fingerprint density at radius 2 is 0.875 bits per heavy atom. The normalized spacial score (nSPS) is 27.8. The van der Waals surface area contributed by atoms with Crippen molar-refractivity contribution in [2.24, 2.45) is 0 Å². The Morgan fingerprint density at radius 1 is 0.583 bits per heavy atom. The Morgan fingerprint density at radius 3 is 1.17 bits per heavy atom. The maximum absolute atomic E-state index is 12.2. The fourth-order valence-corrected chi connectivity index (χ4v) is 3.83. The summed E-state index contributed by atoms with van der Waals surface area (Å²) in [5.41, 5.74) is -0.749. The molecule has 0 aliphatic carbocycles. The molecule has 0 radical (unpaired) electrons. The molecule has 0 aromatic heterocycles. The zero-order valence-electron chi connectivity index (χ0n) is 12.2. The lowest BCUT2D eigenvalue weighted by atomic mass is 9.83. The number of fused-ring (bicyclic) bond motifs is 1. The van der Waals surface area contributed by atoms with Gasteiger partial charge >= 0.3 is 12.1 Å². The topological polar surface area (TPSA) is 82.3 Å².